The third kappa shape index (κ3) is 1.35. The molecule has 0 spiro atoms. The molecule has 0 amide bonds. The Morgan fingerprint density at radius 2 is 2.17 bits per heavy atom. The van der Waals surface area contributed by atoms with Crippen LogP contribution in [0.4, 0.5) is 0 Å². The maximum atomic E-state index is 10.4. The van der Waals surface area contributed by atoms with Crippen molar-refractivity contribution in [3.63, 3.8) is 0 Å². The van der Waals surface area contributed by atoms with E-state index in [0.29, 0.717) is 0 Å². The van der Waals surface area contributed by atoms with Gasteiger partial charge >= 0.3 is 5.97 Å². The molecule has 4 nitrogen and oxygen atoms in total. The van der Waals surface area contributed by atoms with Gasteiger partial charge in [0.25, 0.3) is 0 Å². The second-order valence-electron chi connectivity index (χ2n) is 2.15. The molecule has 0 aromatic heterocycles. The van der Waals surface area contributed by atoms with Gasteiger partial charge in [-0.3, -0.25) is 0 Å². The molecule has 0 saturated heterocycles. The van der Waals surface area contributed by atoms with Gasteiger partial charge in [0, 0.05) is 0 Å². The molecule has 2 N–H and O–H groups in total. The van der Waals surface area contributed by atoms with Gasteiger partial charge in [0.2, 0.25) is 0 Å². The Morgan fingerprint density at radius 1 is 1.50 bits per heavy atom. The van der Waals surface area contributed by atoms with E-state index in [2.05, 4.69) is 0 Å². The number of rotatable bonds is 1. The van der Waals surface area contributed by atoms with E-state index in [1.165, 1.54) is 12.1 Å². The predicted molar refractivity (Wildman–Crippen MR) is 39.8 cm³/mol. The zero-order valence-corrected chi connectivity index (χ0v) is 5.98. The van der Waals surface area contributed by atoms with Crippen molar-refractivity contribution in [2.24, 2.45) is 0 Å². The van der Waals surface area contributed by atoms with Crippen LogP contribution in [-0.2, 0) is 0 Å². The van der Waals surface area contributed by atoms with Gasteiger partial charge in [-0.05, 0) is 18.2 Å². The van der Waals surface area contributed by atoms with E-state index in [1.807, 2.05) is 0 Å². The quantitative estimate of drug-likeness (QED) is 0.646. The average Bonchev–Trinajstić information content (AvgIpc) is 2.03. The zero-order valence-electron chi connectivity index (χ0n) is 5.98. The molecule has 1 rings (SSSR count). The molecule has 0 saturated carbocycles. The summed E-state index contributed by atoms with van der Waals surface area (Å²) in [5.41, 5.74) is 0.0338. The molecule has 0 fully saturated rings. The normalized spacial score (nSPS) is 8.92. The smallest absolute Gasteiger partial charge is 0.339 e. The number of benzene rings is 1. The maximum Gasteiger partial charge on any atom is 0.339 e. The summed E-state index contributed by atoms with van der Waals surface area (Å²) < 4.78 is 0. The SMILES string of the molecule is N#Cc1ccc(C(=O)O)c(O)c1. The molecule has 1 aromatic carbocycles. The van der Waals surface area contributed by atoms with Gasteiger partial charge in [-0.1, -0.05) is 0 Å². The first-order valence-electron chi connectivity index (χ1n) is 3.11. The lowest BCUT2D eigenvalue weighted by Gasteiger charge is -1.97. The van der Waals surface area contributed by atoms with Gasteiger partial charge in [-0.2, -0.15) is 5.26 Å². The van der Waals surface area contributed by atoms with Crippen molar-refractivity contribution in [1.29, 1.82) is 5.26 Å². The third-order valence-electron chi connectivity index (χ3n) is 1.36. The highest BCUT2D eigenvalue weighted by molar-refractivity contribution is 5.90. The molecule has 0 unspecified atom stereocenters. The first-order chi connectivity index (χ1) is 5.65. The molecule has 0 aliphatic carbocycles. The second-order valence-corrected chi connectivity index (χ2v) is 2.15. The van der Waals surface area contributed by atoms with Crippen LogP contribution in [0.15, 0.2) is 18.2 Å². The Labute approximate surface area is 68.3 Å². The molecule has 0 heterocycles. The van der Waals surface area contributed by atoms with E-state index in [4.69, 9.17) is 15.5 Å². The average molecular weight is 163 g/mol. The second kappa shape index (κ2) is 2.93. The van der Waals surface area contributed by atoms with Gasteiger partial charge in [0.05, 0.1) is 11.6 Å². The monoisotopic (exact) mass is 163 g/mol. The summed E-state index contributed by atoms with van der Waals surface area (Å²) in [6.45, 7) is 0. The summed E-state index contributed by atoms with van der Waals surface area (Å²) in [5, 5.41) is 25.9. The highest BCUT2D eigenvalue weighted by Crippen LogP contribution is 2.17. The molecule has 0 atom stereocenters. The lowest BCUT2D eigenvalue weighted by Crippen LogP contribution is -1.96. The van der Waals surface area contributed by atoms with Gasteiger partial charge in [-0.15, -0.1) is 0 Å². The molecule has 0 aliphatic heterocycles. The van der Waals surface area contributed by atoms with Crippen LogP contribution in [0.1, 0.15) is 15.9 Å². The highest BCUT2D eigenvalue weighted by Gasteiger charge is 2.08. The summed E-state index contributed by atoms with van der Waals surface area (Å²) in [6, 6.07) is 5.42. The van der Waals surface area contributed by atoms with E-state index in [9.17, 15) is 4.79 Å². The topological polar surface area (TPSA) is 81.3 Å². The van der Waals surface area contributed by atoms with Crippen LogP contribution in [0.25, 0.3) is 0 Å². The molecule has 0 aliphatic rings. The van der Waals surface area contributed by atoms with Crippen LogP contribution in [0.5, 0.6) is 5.75 Å². The Kier molecular flexibility index (Phi) is 1.97. The van der Waals surface area contributed by atoms with E-state index >= 15 is 0 Å². The molecule has 12 heavy (non-hydrogen) atoms. The van der Waals surface area contributed by atoms with Crippen LogP contribution in [0.2, 0.25) is 0 Å². The summed E-state index contributed by atoms with van der Waals surface area (Å²) >= 11 is 0. The highest BCUT2D eigenvalue weighted by atomic mass is 16.4. The Bertz CT molecular complexity index is 365. The van der Waals surface area contributed by atoms with Crippen molar-refractivity contribution in [1.82, 2.24) is 0 Å². The number of aromatic hydroxyl groups is 1. The van der Waals surface area contributed by atoms with E-state index < -0.39 is 5.97 Å². The minimum Gasteiger partial charge on any atom is -0.507 e. The molecule has 1 aromatic rings. The number of phenols is 1. The lowest BCUT2D eigenvalue weighted by molar-refractivity contribution is 0.0694. The minimum absolute atomic E-state index is 0.200. The number of nitrogens with zero attached hydrogens (tertiary/aromatic N) is 1. The largest absolute Gasteiger partial charge is 0.507 e. The van der Waals surface area contributed by atoms with Crippen LogP contribution >= 0.6 is 0 Å². The first-order valence-corrected chi connectivity index (χ1v) is 3.11. The van der Waals surface area contributed by atoms with Gasteiger partial charge in [-0.25, -0.2) is 4.79 Å². The molecule has 60 valence electrons. The first kappa shape index (κ1) is 8.08. The fraction of sp³-hybridized carbons (Fsp3) is 0. The van der Waals surface area contributed by atoms with Crippen LogP contribution in [0.3, 0.4) is 0 Å². The molecule has 4 heteroatoms. The van der Waals surface area contributed by atoms with Crippen molar-refractivity contribution in [2.75, 3.05) is 0 Å². The van der Waals surface area contributed by atoms with Crippen molar-refractivity contribution in [3.05, 3.63) is 29.3 Å². The van der Waals surface area contributed by atoms with Gasteiger partial charge < -0.3 is 10.2 Å². The molecular weight excluding hydrogens is 158 g/mol. The summed E-state index contributed by atoms with van der Waals surface area (Å²) in [6.07, 6.45) is 0. The number of carboxylic acids is 1. The van der Waals surface area contributed by atoms with Crippen LogP contribution < -0.4 is 0 Å². The van der Waals surface area contributed by atoms with Crippen LogP contribution in [0, 0.1) is 11.3 Å². The number of carboxylic acid groups (broad SMARTS) is 1. The lowest BCUT2D eigenvalue weighted by atomic mass is 10.1. The van der Waals surface area contributed by atoms with Crippen molar-refractivity contribution < 1.29 is 15.0 Å². The molecule has 0 radical (unpaired) electrons. The third-order valence-corrected chi connectivity index (χ3v) is 1.36. The minimum atomic E-state index is -1.21. The summed E-state index contributed by atoms with van der Waals surface area (Å²) in [7, 11) is 0. The maximum absolute atomic E-state index is 10.4. The van der Waals surface area contributed by atoms with Gasteiger partial charge in [0.1, 0.15) is 11.3 Å². The summed E-state index contributed by atoms with van der Waals surface area (Å²) in [4.78, 5) is 10.4. The van der Waals surface area contributed by atoms with Gasteiger partial charge in [0.15, 0.2) is 0 Å². The van der Waals surface area contributed by atoms with Crippen LogP contribution in [-0.4, -0.2) is 16.2 Å². The fourth-order valence-corrected chi connectivity index (χ4v) is 0.782. The Hall–Kier alpha value is -2.02. The fourth-order valence-electron chi connectivity index (χ4n) is 0.782. The number of hydrogen-bond acceptors (Lipinski definition) is 3. The van der Waals surface area contributed by atoms with E-state index in [0.717, 1.165) is 6.07 Å². The number of aromatic carboxylic acids is 1. The van der Waals surface area contributed by atoms with E-state index in [-0.39, 0.29) is 16.9 Å². The van der Waals surface area contributed by atoms with Crippen molar-refractivity contribution in [3.8, 4) is 11.8 Å². The van der Waals surface area contributed by atoms with Crippen molar-refractivity contribution in [2.45, 2.75) is 0 Å². The summed E-state index contributed by atoms with van der Waals surface area (Å²) in [5.74, 6) is -1.60. The number of hydrogen-bond donors (Lipinski definition) is 2. The molecule has 0 bridgehead atoms. The number of carbonyl (C=O) groups is 1. The standard InChI is InChI=1S/C8H5NO3/c9-4-5-1-2-6(8(11)12)7(10)3-5/h1-3,10H,(H,11,12). The number of nitriles is 1. The Morgan fingerprint density at radius 3 is 2.58 bits per heavy atom. The van der Waals surface area contributed by atoms with E-state index in [1.54, 1.807) is 6.07 Å². The zero-order chi connectivity index (χ0) is 9.14. The Balaban J connectivity index is 3.23. The molecular formula is C8H5NO3. The predicted octanol–water partition coefficient (Wildman–Crippen LogP) is 0.962. The van der Waals surface area contributed by atoms with Crippen molar-refractivity contribution >= 4 is 5.97 Å².